The minimum absolute atomic E-state index is 0.0835. The fourth-order valence-electron chi connectivity index (χ4n) is 3.46. The van der Waals surface area contributed by atoms with E-state index in [4.69, 9.17) is 4.74 Å². The number of pyridine rings is 1. The van der Waals surface area contributed by atoms with Crippen LogP contribution in [0.4, 0.5) is 24.5 Å². The molecule has 3 aromatic rings. The summed E-state index contributed by atoms with van der Waals surface area (Å²) in [5.41, 5.74) is -0.107. The van der Waals surface area contributed by atoms with Crippen molar-refractivity contribution < 1.29 is 27.5 Å². The minimum atomic E-state index is -4.47. The van der Waals surface area contributed by atoms with Crippen molar-refractivity contribution in [3.63, 3.8) is 0 Å². The van der Waals surface area contributed by atoms with Crippen LogP contribution in [0.1, 0.15) is 39.5 Å². The Balaban J connectivity index is 1.62. The number of nitrogens with zero attached hydrogens (tertiary/aromatic N) is 4. The number of ether oxygens (including phenoxy) is 1. The van der Waals surface area contributed by atoms with Gasteiger partial charge in [0.1, 0.15) is 11.4 Å². The van der Waals surface area contributed by atoms with Gasteiger partial charge >= 0.3 is 6.18 Å². The van der Waals surface area contributed by atoms with Crippen molar-refractivity contribution in [1.29, 1.82) is 0 Å². The molecule has 0 radical (unpaired) electrons. The summed E-state index contributed by atoms with van der Waals surface area (Å²) in [7, 11) is 1.46. The molecule has 2 amide bonds. The quantitative estimate of drug-likeness (QED) is 0.660. The zero-order chi connectivity index (χ0) is 23.0. The number of methoxy groups -OCH3 is 1. The van der Waals surface area contributed by atoms with Gasteiger partial charge in [0, 0.05) is 24.5 Å². The number of alkyl halides is 3. The van der Waals surface area contributed by atoms with Crippen LogP contribution in [0, 0.1) is 0 Å². The highest BCUT2D eigenvalue weighted by Crippen LogP contribution is 2.33. The molecule has 3 heterocycles. The molecule has 0 fully saturated rings. The lowest BCUT2D eigenvalue weighted by Crippen LogP contribution is -2.43. The van der Waals surface area contributed by atoms with Crippen LogP contribution in [0.5, 0.6) is 5.75 Å². The van der Waals surface area contributed by atoms with Crippen molar-refractivity contribution >= 4 is 23.2 Å². The lowest BCUT2D eigenvalue weighted by Gasteiger charge is -2.32. The molecule has 0 unspecified atom stereocenters. The predicted molar refractivity (Wildman–Crippen MR) is 109 cm³/mol. The number of carbonyl (C=O) groups is 2. The average molecular weight is 445 g/mol. The van der Waals surface area contributed by atoms with Gasteiger partial charge in [0.15, 0.2) is 5.69 Å². The van der Waals surface area contributed by atoms with Crippen LogP contribution in [-0.4, -0.2) is 40.2 Å². The number of hydrogen-bond acceptors (Lipinski definition) is 5. The van der Waals surface area contributed by atoms with Crippen molar-refractivity contribution in [3.8, 4) is 5.75 Å². The molecule has 2 aromatic heterocycles. The van der Waals surface area contributed by atoms with Crippen LogP contribution in [0.2, 0.25) is 0 Å². The molecule has 8 nitrogen and oxygen atoms in total. The highest BCUT2D eigenvalue weighted by molar-refractivity contribution is 6.12. The van der Waals surface area contributed by atoms with E-state index in [1.165, 1.54) is 47.3 Å². The molecule has 0 saturated carbocycles. The van der Waals surface area contributed by atoms with Gasteiger partial charge in [0.2, 0.25) is 0 Å². The molecule has 1 N–H and O–H groups in total. The molecule has 32 heavy (non-hydrogen) atoms. The summed E-state index contributed by atoms with van der Waals surface area (Å²) in [6.45, 7) is 2.03. The van der Waals surface area contributed by atoms with Crippen LogP contribution in [0.3, 0.4) is 0 Å². The average Bonchev–Trinajstić information content (AvgIpc) is 3.20. The second-order valence-corrected chi connectivity index (χ2v) is 7.20. The van der Waals surface area contributed by atoms with Crippen molar-refractivity contribution in [1.82, 2.24) is 14.8 Å². The van der Waals surface area contributed by atoms with Crippen LogP contribution < -0.4 is 15.0 Å². The lowest BCUT2D eigenvalue weighted by atomic mass is 10.1. The molecule has 0 saturated heterocycles. The van der Waals surface area contributed by atoms with Gasteiger partial charge in [-0.1, -0.05) is 0 Å². The van der Waals surface area contributed by atoms with Crippen molar-refractivity contribution in [2.24, 2.45) is 0 Å². The maximum atomic E-state index is 13.2. The molecule has 11 heteroatoms. The fourth-order valence-corrected chi connectivity index (χ4v) is 3.46. The highest BCUT2D eigenvalue weighted by atomic mass is 19.4. The Kier molecular flexibility index (Phi) is 5.33. The molecule has 1 aromatic carbocycles. The zero-order valence-electron chi connectivity index (χ0n) is 17.1. The van der Waals surface area contributed by atoms with E-state index in [1.807, 2.05) is 6.92 Å². The van der Waals surface area contributed by atoms with Crippen LogP contribution in [0.25, 0.3) is 0 Å². The number of benzene rings is 1. The number of fused-ring (bicyclic) bond motifs is 1. The first-order chi connectivity index (χ1) is 15.2. The van der Waals surface area contributed by atoms with Gasteiger partial charge < -0.3 is 15.0 Å². The first-order valence-electron chi connectivity index (χ1n) is 9.57. The Bertz CT molecular complexity index is 1170. The predicted octanol–water partition coefficient (Wildman–Crippen LogP) is 3.78. The van der Waals surface area contributed by atoms with E-state index in [-0.39, 0.29) is 29.7 Å². The van der Waals surface area contributed by atoms with Crippen molar-refractivity contribution in [2.75, 3.05) is 23.9 Å². The zero-order valence-corrected chi connectivity index (χ0v) is 17.1. The number of anilines is 2. The van der Waals surface area contributed by atoms with Gasteiger partial charge in [-0.2, -0.15) is 18.3 Å². The van der Waals surface area contributed by atoms with Crippen molar-refractivity contribution in [2.45, 2.75) is 19.1 Å². The van der Waals surface area contributed by atoms with Gasteiger partial charge in [-0.25, -0.2) is 0 Å². The maximum Gasteiger partial charge on any atom is 0.416 e. The Labute approximate surface area is 180 Å². The van der Waals surface area contributed by atoms with E-state index in [0.717, 1.165) is 12.1 Å². The SMILES string of the molecule is COc1ccnc(C(=O)Nc2cnn3c2C(=O)N(c2ccc(C(F)(F)F)cc2)C[C@@H]3C)c1. The third-order valence-electron chi connectivity index (χ3n) is 5.06. The van der Waals surface area contributed by atoms with E-state index >= 15 is 0 Å². The van der Waals surface area contributed by atoms with E-state index < -0.39 is 23.6 Å². The molecular formula is C21H18F3N5O3. The topological polar surface area (TPSA) is 89.3 Å². The van der Waals surface area contributed by atoms with Crippen LogP contribution in [-0.2, 0) is 6.18 Å². The highest BCUT2D eigenvalue weighted by Gasteiger charge is 2.35. The van der Waals surface area contributed by atoms with Gasteiger partial charge in [-0.15, -0.1) is 0 Å². The molecule has 1 atom stereocenters. The third-order valence-corrected chi connectivity index (χ3v) is 5.06. The van der Waals surface area contributed by atoms with E-state index in [0.29, 0.717) is 11.4 Å². The number of halogens is 3. The van der Waals surface area contributed by atoms with Gasteiger partial charge in [0.05, 0.1) is 30.6 Å². The molecule has 0 bridgehead atoms. The molecule has 0 aliphatic carbocycles. The summed E-state index contributed by atoms with van der Waals surface area (Å²) in [5.74, 6) is -0.610. The summed E-state index contributed by atoms with van der Waals surface area (Å²) in [6.07, 6.45) is -1.69. The molecule has 1 aliphatic rings. The van der Waals surface area contributed by atoms with E-state index in [2.05, 4.69) is 15.4 Å². The molecule has 166 valence electrons. The second kappa shape index (κ2) is 7.98. The molecular weight excluding hydrogens is 427 g/mol. The first kappa shape index (κ1) is 21.3. The molecule has 4 rings (SSSR count). The Morgan fingerprint density at radius 2 is 1.94 bits per heavy atom. The van der Waals surface area contributed by atoms with Gasteiger partial charge in [-0.05, 0) is 37.3 Å². The number of nitrogens with one attached hydrogen (secondary N) is 1. The van der Waals surface area contributed by atoms with E-state index in [1.54, 1.807) is 6.07 Å². The summed E-state index contributed by atoms with van der Waals surface area (Å²) < 4.78 is 45.2. The van der Waals surface area contributed by atoms with Gasteiger partial charge in [0.25, 0.3) is 11.8 Å². The largest absolute Gasteiger partial charge is 0.497 e. The monoisotopic (exact) mass is 445 g/mol. The fraction of sp³-hybridized carbons (Fsp3) is 0.238. The van der Waals surface area contributed by atoms with Gasteiger partial charge in [-0.3, -0.25) is 19.3 Å². The number of amides is 2. The standard InChI is InChI=1S/C21H18F3N5O3/c1-12-11-28(14-5-3-13(4-6-14)21(22,23)24)20(31)18-17(10-26-29(12)18)27-19(30)16-9-15(32-2)7-8-25-16/h3-10,12H,11H2,1-2H3,(H,27,30)/t12-/m0/s1. The number of aromatic nitrogens is 3. The summed E-state index contributed by atoms with van der Waals surface area (Å²) in [6, 6.07) is 7.11. The summed E-state index contributed by atoms with van der Waals surface area (Å²) in [5, 5.41) is 6.84. The minimum Gasteiger partial charge on any atom is -0.497 e. The first-order valence-corrected chi connectivity index (χ1v) is 9.57. The number of hydrogen-bond donors (Lipinski definition) is 1. The Morgan fingerprint density at radius 3 is 2.59 bits per heavy atom. The van der Waals surface area contributed by atoms with Crippen molar-refractivity contribution in [3.05, 3.63) is 65.7 Å². The normalized spacial score (nSPS) is 16.0. The second-order valence-electron chi connectivity index (χ2n) is 7.20. The summed E-state index contributed by atoms with van der Waals surface area (Å²) in [4.78, 5) is 31.2. The number of carbonyl (C=O) groups excluding carboxylic acids is 2. The smallest absolute Gasteiger partial charge is 0.416 e. The lowest BCUT2D eigenvalue weighted by molar-refractivity contribution is -0.137. The Hall–Kier alpha value is -3.89. The Morgan fingerprint density at radius 1 is 1.22 bits per heavy atom. The molecule has 0 spiro atoms. The van der Waals surface area contributed by atoms with E-state index in [9.17, 15) is 22.8 Å². The number of rotatable bonds is 4. The van der Waals surface area contributed by atoms with Crippen LogP contribution in [0.15, 0.2) is 48.8 Å². The molecule has 1 aliphatic heterocycles. The third kappa shape index (κ3) is 3.88. The summed E-state index contributed by atoms with van der Waals surface area (Å²) >= 11 is 0. The van der Waals surface area contributed by atoms with Crippen LogP contribution >= 0.6 is 0 Å². The maximum absolute atomic E-state index is 13.2.